The van der Waals surface area contributed by atoms with Crippen LogP contribution in [0.3, 0.4) is 0 Å². The van der Waals surface area contributed by atoms with E-state index in [9.17, 15) is 4.79 Å². The molecule has 0 atom stereocenters. The van der Waals surface area contributed by atoms with E-state index in [-0.39, 0.29) is 5.91 Å². The largest absolute Gasteiger partial charge is 0.271 e. The molecule has 0 saturated heterocycles. The standard InChI is InChI=1S/C13H18N2O/c1-9(2)11(4)14-15-13(16)12-8-6-5-7-10(12)3/h5-9H,1-4H3,(H,15,16). The second kappa shape index (κ2) is 5.45. The first-order chi connectivity index (χ1) is 7.52. The molecule has 3 heteroatoms. The van der Waals surface area contributed by atoms with Gasteiger partial charge in [-0.1, -0.05) is 32.0 Å². The number of hydrogen-bond donors (Lipinski definition) is 1. The summed E-state index contributed by atoms with van der Waals surface area (Å²) in [7, 11) is 0. The number of carbonyl (C=O) groups is 1. The van der Waals surface area contributed by atoms with Gasteiger partial charge < -0.3 is 0 Å². The second-order valence-corrected chi connectivity index (χ2v) is 4.16. The van der Waals surface area contributed by atoms with E-state index in [1.165, 1.54) is 0 Å². The topological polar surface area (TPSA) is 41.5 Å². The minimum atomic E-state index is -0.155. The van der Waals surface area contributed by atoms with Crippen LogP contribution in [0.5, 0.6) is 0 Å². The van der Waals surface area contributed by atoms with Crippen molar-refractivity contribution in [1.29, 1.82) is 0 Å². The van der Waals surface area contributed by atoms with Crippen molar-refractivity contribution >= 4 is 11.6 Å². The maximum atomic E-state index is 11.8. The average molecular weight is 218 g/mol. The van der Waals surface area contributed by atoms with E-state index in [2.05, 4.69) is 10.5 Å². The quantitative estimate of drug-likeness (QED) is 0.615. The summed E-state index contributed by atoms with van der Waals surface area (Å²) in [5, 5.41) is 4.06. The summed E-state index contributed by atoms with van der Waals surface area (Å²) in [5.74, 6) is 0.190. The SMILES string of the molecule is CC(=NNC(=O)c1ccccc1C)C(C)C. The molecule has 0 unspecified atom stereocenters. The summed E-state index contributed by atoms with van der Waals surface area (Å²) < 4.78 is 0. The Morgan fingerprint density at radius 1 is 1.31 bits per heavy atom. The Morgan fingerprint density at radius 2 is 1.94 bits per heavy atom. The minimum Gasteiger partial charge on any atom is -0.267 e. The fraction of sp³-hybridized carbons (Fsp3) is 0.385. The van der Waals surface area contributed by atoms with Crippen LogP contribution >= 0.6 is 0 Å². The molecule has 0 saturated carbocycles. The maximum absolute atomic E-state index is 11.8. The molecule has 1 aromatic carbocycles. The van der Waals surface area contributed by atoms with Crippen LogP contribution in [0.2, 0.25) is 0 Å². The Bertz CT molecular complexity index is 408. The summed E-state index contributed by atoms with van der Waals surface area (Å²) in [6.07, 6.45) is 0. The van der Waals surface area contributed by atoms with Crippen molar-refractivity contribution in [3.8, 4) is 0 Å². The Hall–Kier alpha value is -1.64. The molecule has 86 valence electrons. The molecule has 0 aliphatic carbocycles. The van der Waals surface area contributed by atoms with Gasteiger partial charge in [0.25, 0.3) is 5.91 Å². The van der Waals surface area contributed by atoms with Gasteiger partial charge >= 0.3 is 0 Å². The van der Waals surface area contributed by atoms with Crippen LogP contribution in [-0.4, -0.2) is 11.6 Å². The number of nitrogens with one attached hydrogen (secondary N) is 1. The molecule has 0 radical (unpaired) electrons. The monoisotopic (exact) mass is 218 g/mol. The fourth-order valence-corrected chi connectivity index (χ4v) is 1.16. The molecule has 0 fully saturated rings. The van der Waals surface area contributed by atoms with Crippen LogP contribution in [0, 0.1) is 12.8 Å². The van der Waals surface area contributed by atoms with Gasteiger partial charge in [0.05, 0.1) is 0 Å². The van der Waals surface area contributed by atoms with Gasteiger partial charge in [-0.25, -0.2) is 5.43 Å². The lowest BCUT2D eigenvalue weighted by Crippen LogP contribution is -2.21. The molecule has 0 aliphatic rings. The minimum absolute atomic E-state index is 0.155. The fourth-order valence-electron chi connectivity index (χ4n) is 1.16. The number of hydrazone groups is 1. The number of nitrogens with zero attached hydrogens (tertiary/aromatic N) is 1. The zero-order chi connectivity index (χ0) is 12.1. The van der Waals surface area contributed by atoms with E-state index in [0.29, 0.717) is 11.5 Å². The highest BCUT2D eigenvalue weighted by Crippen LogP contribution is 2.06. The van der Waals surface area contributed by atoms with Crippen molar-refractivity contribution in [3.05, 3.63) is 35.4 Å². The second-order valence-electron chi connectivity index (χ2n) is 4.16. The van der Waals surface area contributed by atoms with E-state index in [1.54, 1.807) is 6.07 Å². The first-order valence-electron chi connectivity index (χ1n) is 5.42. The zero-order valence-corrected chi connectivity index (χ0v) is 10.2. The molecule has 0 aromatic heterocycles. The van der Waals surface area contributed by atoms with Gasteiger partial charge in [-0.05, 0) is 31.4 Å². The summed E-state index contributed by atoms with van der Waals surface area (Å²) >= 11 is 0. The molecule has 1 rings (SSSR count). The molecule has 1 amide bonds. The molecular weight excluding hydrogens is 200 g/mol. The van der Waals surface area contributed by atoms with Gasteiger partial charge in [0.15, 0.2) is 0 Å². The van der Waals surface area contributed by atoms with E-state index in [4.69, 9.17) is 0 Å². The molecule has 1 aromatic rings. The highest BCUT2D eigenvalue weighted by molar-refractivity contribution is 5.96. The number of hydrogen-bond acceptors (Lipinski definition) is 2. The van der Waals surface area contributed by atoms with Crippen LogP contribution in [0.4, 0.5) is 0 Å². The smallest absolute Gasteiger partial charge is 0.267 e. The van der Waals surface area contributed by atoms with Crippen molar-refractivity contribution < 1.29 is 4.79 Å². The van der Waals surface area contributed by atoms with E-state index in [0.717, 1.165) is 11.3 Å². The van der Waals surface area contributed by atoms with Crippen LogP contribution in [-0.2, 0) is 0 Å². The first kappa shape index (κ1) is 12.4. The molecule has 0 bridgehead atoms. The normalized spacial score (nSPS) is 11.7. The van der Waals surface area contributed by atoms with E-state index in [1.807, 2.05) is 45.9 Å². The number of carbonyl (C=O) groups excluding carboxylic acids is 1. The first-order valence-corrected chi connectivity index (χ1v) is 5.42. The molecule has 16 heavy (non-hydrogen) atoms. The van der Waals surface area contributed by atoms with Gasteiger partial charge in [0.2, 0.25) is 0 Å². The van der Waals surface area contributed by atoms with Gasteiger partial charge in [-0.3, -0.25) is 4.79 Å². The molecular formula is C13H18N2O. The lowest BCUT2D eigenvalue weighted by Gasteiger charge is -2.06. The maximum Gasteiger partial charge on any atom is 0.271 e. The number of benzene rings is 1. The van der Waals surface area contributed by atoms with Crippen molar-refractivity contribution in [2.75, 3.05) is 0 Å². The van der Waals surface area contributed by atoms with Crippen LogP contribution in [0.25, 0.3) is 0 Å². The number of aryl methyl sites for hydroxylation is 1. The third-order valence-electron chi connectivity index (χ3n) is 2.56. The number of rotatable bonds is 3. The Kier molecular flexibility index (Phi) is 4.23. The highest BCUT2D eigenvalue weighted by Gasteiger charge is 2.07. The average Bonchev–Trinajstić information content (AvgIpc) is 2.25. The zero-order valence-electron chi connectivity index (χ0n) is 10.2. The molecule has 1 N–H and O–H groups in total. The Morgan fingerprint density at radius 3 is 2.50 bits per heavy atom. The Balaban J connectivity index is 2.74. The van der Waals surface area contributed by atoms with Crippen molar-refractivity contribution in [3.63, 3.8) is 0 Å². The molecule has 0 spiro atoms. The van der Waals surface area contributed by atoms with E-state index < -0.39 is 0 Å². The third kappa shape index (κ3) is 3.19. The summed E-state index contributed by atoms with van der Waals surface area (Å²) in [6, 6.07) is 7.47. The highest BCUT2D eigenvalue weighted by atomic mass is 16.2. The number of amides is 1. The lowest BCUT2D eigenvalue weighted by atomic mass is 10.1. The van der Waals surface area contributed by atoms with Gasteiger partial charge in [-0.2, -0.15) is 5.10 Å². The summed E-state index contributed by atoms with van der Waals surface area (Å²) in [4.78, 5) is 11.8. The molecule has 0 aliphatic heterocycles. The van der Waals surface area contributed by atoms with Crippen LogP contribution in [0.1, 0.15) is 36.7 Å². The third-order valence-corrected chi connectivity index (χ3v) is 2.56. The summed E-state index contributed by atoms with van der Waals surface area (Å²) in [6.45, 7) is 7.90. The molecule has 0 heterocycles. The Labute approximate surface area is 96.6 Å². The van der Waals surface area contributed by atoms with Crippen molar-refractivity contribution in [2.45, 2.75) is 27.7 Å². The predicted octanol–water partition coefficient (Wildman–Crippen LogP) is 2.76. The van der Waals surface area contributed by atoms with Gasteiger partial charge in [0, 0.05) is 11.3 Å². The van der Waals surface area contributed by atoms with Crippen LogP contribution in [0.15, 0.2) is 29.4 Å². The molecule has 3 nitrogen and oxygen atoms in total. The summed E-state index contributed by atoms with van der Waals surface area (Å²) in [5.41, 5.74) is 5.11. The van der Waals surface area contributed by atoms with E-state index >= 15 is 0 Å². The lowest BCUT2D eigenvalue weighted by molar-refractivity contribution is 0.0954. The predicted molar refractivity (Wildman–Crippen MR) is 66.6 cm³/mol. The van der Waals surface area contributed by atoms with Crippen LogP contribution < -0.4 is 5.43 Å². The van der Waals surface area contributed by atoms with Gasteiger partial charge in [-0.15, -0.1) is 0 Å². The van der Waals surface area contributed by atoms with Crippen molar-refractivity contribution in [1.82, 2.24) is 5.43 Å². The van der Waals surface area contributed by atoms with Crippen molar-refractivity contribution in [2.24, 2.45) is 11.0 Å². The van der Waals surface area contributed by atoms with Gasteiger partial charge in [0.1, 0.15) is 0 Å².